The second kappa shape index (κ2) is 3.48. The van der Waals surface area contributed by atoms with Crippen LogP contribution in [0.2, 0.25) is 0 Å². The van der Waals surface area contributed by atoms with E-state index in [2.05, 4.69) is 15.3 Å². The molecule has 0 radical (unpaired) electrons. The molecule has 0 amide bonds. The molecule has 0 aliphatic heterocycles. The molecule has 0 saturated heterocycles. The number of hydrogen-bond donors (Lipinski definition) is 2. The quantitative estimate of drug-likeness (QED) is 0.664. The summed E-state index contributed by atoms with van der Waals surface area (Å²) in [4.78, 5) is 6.94. The van der Waals surface area contributed by atoms with Gasteiger partial charge >= 0.3 is 0 Å². The first-order valence-corrected chi connectivity index (χ1v) is 3.94. The van der Waals surface area contributed by atoms with Crippen molar-refractivity contribution in [1.82, 2.24) is 9.97 Å². The Balaban J connectivity index is 3.10. The van der Waals surface area contributed by atoms with Crippen LogP contribution in [0.25, 0.3) is 0 Å². The summed E-state index contributed by atoms with van der Waals surface area (Å²) in [6.07, 6.45) is 1.61. The van der Waals surface area contributed by atoms with Crippen molar-refractivity contribution in [3.8, 4) is 0 Å². The van der Waals surface area contributed by atoms with E-state index < -0.39 is 0 Å². The van der Waals surface area contributed by atoms with E-state index in [1.807, 2.05) is 13.8 Å². The van der Waals surface area contributed by atoms with Crippen molar-refractivity contribution in [2.45, 2.75) is 13.8 Å². The molecule has 1 rings (SSSR count). The Morgan fingerprint density at radius 2 is 2.45 bits per heavy atom. The van der Waals surface area contributed by atoms with Gasteiger partial charge in [-0.15, -0.1) is 0 Å². The number of aromatic amines is 1. The summed E-state index contributed by atoms with van der Waals surface area (Å²) in [6, 6.07) is 0. The molecule has 0 aliphatic carbocycles. The maximum Gasteiger partial charge on any atom is 0.152 e. The molecule has 0 atom stereocenters. The van der Waals surface area contributed by atoms with Gasteiger partial charge in [-0.25, -0.2) is 4.98 Å². The zero-order chi connectivity index (χ0) is 8.27. The average Bonchev–Trinajstić information content (AvgIpc) is 1.97. The van der Waals surface area contributed by atoms with Crippen molar-refractivity contribution < 1.29 is 0 Å². The summed E-state index contributed by atoms with van der Waals surface area (Å²) in [5.41, 5.74) is 1.97. The van der Waals surface area contributed by atoms with Gasteiger partial charge in [0, 0.05) is 12.2 Å². The third-order valence-corrected chi connectivity index (χ3v) is 1.71. The van der Waals surface area contributed by atoms with E-state index in [4.69, 9.17) is 12.2 Å². The molecule has 0 spiro atoms. The molecule has 60 valence electrons. The normalized spacial score (nSPS) is 9.64. The molecular weight excluding hydrogens is 158 g/mol. The van der Waals surface area contributed by atoms with Crippen LogP contribution in [-0.4, -0.2) is 16.5 Å². The first kappa shape index (κ1) is 8.20. The Morgan fingerprint density at radius 1 is 1.73 bits per heavy atom. The fourth-order valence-electron chi connectivity index (χ4n) is 0.870. The maximum absolute atomic E-state index is 5.01. The number of nitrogens with one attached hydrogen (secondary N) is 2. The first-order valence-electron chi connectivity index (χ1n) is 3.54. The van der Waals surface area contributed by atoms with Crippen molar-refractivity contribution in [3.05, 3.63) is 16.7 Å². The molecule has 0 unspecified atom stereocenters. The first-order chi connectivity index (χ1) is 5.25. The Kier molecular flexibility index (Phi) is 2.59. The Hall–Kier alpha value is -0.900. The number of nitrogens with zero attached hydrogens (tertiary/aromatic N) is 1. The van der Waals surface area contributed by atoms with Crippen molar-refractivity contribution in [2.75, 3.05) is 11.9 Å². The third-order valence-electron chi connectivity index (χ3n) is 1.41. The number of hydrogen-bond acceptors (Lipinski definition) is 3. The molecule has 0 aliphatic rings. The van der Waals surface area contributed by atoms with Crippen LogP contribution in [0.4, 0.5) is 5.69 Å². The second-order valence-electron chi connectivity index (χ2n) is 2.24. The number of aryl methyl sites for hydroxylation is 1. The smallest absolute Gasteiger partial charge is 0.152 e. The minimum atomic E-state index is 0.628. The maximum atomic E-state index is 5.01. The lowest BCUT2D eigenvalue weighted by atomic mass is 10.4. The van der Waals surface area contributed by atoms with E-state index in [0.29, 0.717) is 4.64 Å². The second-order valence-corrected chi connectivity index (χ2v) is 2.62. The lowest BCUT2D eigenvalue weighted by molar-refractivity contribution is 1.06. The van der Waals surface area contributed by atoms with Gasteiger partial charge in [0.15, 0.2) is 4.64 Å². The van der Waals surface area contributed by atoms with E-state index in [9.17, 15) is 0 Å². The van der Waals surface area contributed by atoms with Crippen molar-refractivity contribution in [3.63, 3.8) is 0 Å². The highest BCUT2D eigenvalue weighted by Crippen LogP contribution is 2.10. The van der Waals surface area contributed by atoms with Crippen molar-refractivity contribution in [2.24, 2.45) is 0 Å². The summed E-state index contributed by atoms with van der Waals surface area (Å²) >= 11 is 5.01. The minimum absolute atomic E-state index is 0.628. The fourth-order valence-corrected chi connectivity index (χ4v) is 1.15. The predicted octanol–water partition coefficient (Wildman–Crippen LogP) is 1.88. The zero-order valence-corrected chi connectivity index (χ0v) is 7.46. The molecule has 0 saturated carbocycles. The van der Waals surface area contributed by atoms with Crippen molar-refractivity contribution in [1.29, 1.82) is 0 Å². The van der Waals surface area contributed by atoms with Crippen LogP contribution < -0.4 is 5.32 Å². The molecule has 1 heterocycles. The van der Waals surface area contributed by atoms with Gasteiger partial charge in [-0.3, -0.25) is 0 Å². The lowest BCUT2D eigenvalue weighted by Crippen LogP contribution is -2.01. The van der Waals surface area contributed by atoms with Crippen LogP contribution in [0.3, 0.4) is 0 Å². The van der Waals surface area contributed by atoms with Gasteiger partial charge in [-0.1, -0.05) is 12.2 Å². The molecule has 1 aromatic rings. The monoisotopic (exact) mass is 169 g/mol. The largest absolute Gasteiger partial charge is 0.381 e. The van der Waals surface area contributed by atoms with Gasteiger partial charge in [-0.05, 0) is 13.8 Å². The van der Waals surface area contributed by atoms with E-state index in [0.717, 1.165) is 17.9 Å². The van der Waals surface area contributed by atoms with Gasteiger partial charge in [-0.2, -0.15) is 0 Å². The number of anilines is 1. The molecule has 2 N–H and O–H groups in total. The highest BCUT2D eigenvalue weighted by molar-refractivity contribution is 7.71. The number of rotatable bonds is 2. The molecule has 0 aromatic carbocycles. The van der Waals surface area contributed by atoms with E-state index in [-0.39, 0.29) is 0 Å². The fraction of sp³-hybridized carbons (Fsp3) is 0.429. The highest BCUT2D eigenvalue weighted by atomic mass is 32.1. The number of H-pyrrole nitrogens is 1. The van der Waals surface area contributed by atoms with E-state index in [1.165, 1.54) is 0 Å². The van der Waals surface area contributed by atoms with Crippen LogP contribution in [0.5, 0.6) is 0 Å². The third kappa shape index (κ3) is 1.77. The standard InChI is InChI=1S/C7H11N3S/c1-3-8-6-5(2)9-4-10-7(6)11/h4,8H,3H2,1-2H3,(H,9,10,11). The molecule has 4 heteroatoms. The summed E-state index contributed by atoms with van der Waals surface area (Å²) in [6.45, 7) is 4.86. The van der Waals surface area contributed by atoms with Crippen LogP contribution in [0.15, 0.2) is 6.33 Å². The molecule has 11 heavy (non-hydrogen) atoms. The summed E-state index contributed by atoms with van der Waals surface area (Å²) in [5.74, 6) is 0. The molecular formula is C7H11N3S. The molecule has 0 bridgehead atoms. The zero-order valence-electron chi connectivity index (χ0n) is 6.64. The lowest BCUT2D eigenvalue weighted by Gasteiger charge is -2.04. The Labute approximate surface area is 70.9 Å². The van der Waals surface area contributed by atoms with Crippen molar-refractivity contribution >= 4 is 17.9 Å². The minimum Gasteiger partial charge on any atom is -0.381 e. The average molecular weight is 169 g/mol. The van der Waals surface area contributed by atoms with Crippen LogP contribution in [0, 0.1) is 11.6 Å². The predicted molar refractivity (Wildman–Crippen MR) is 48.3 cm³/mol. The van der Waals surface area contributed by atoms with Gasteiger partial charge in [0.05, 0.1) is 12.0 Å². The topological polar surface area (TPSA) is 40.7 Å². The van der Waals surface area contributed by atoms with E-state index in [1.54, 1.807) is 6.33 Å². The molecule has 1 aromatic heterocycles. The van der Waals surface area contributed by atoms with E-state index >= 15 is 0 Å². The van der Waals surface area contributed by atoms with Crippen LogP contribution in [0.1, 0.15) is 12.6 Å². The van der Waals surface area contributed by atoms with Crippen LogP contribution in [-0.2, 0) is 0 Å². The number of aromatic nitrogens is 2. The van der Waals surface area contributed by atoms with Gasteiger partial charge in [0.1, 0.15) is 0 Å². The Bertz CT molecular complexity index is 292. The SMILES string of the molecule is CCNc1c(C)[nH]cnc1=S. The van der Waals surface area contributed by atoms with Gasteiger partial charge < -0.3 is 10.3 Å². The molecule has 3 nitrogen and oxygen atoms in total. The highest BCUT2D eigenvalue weighted by Gasteiger charge is 1.97. The summed E-state index contributed by atoms with van der Waals surface area (Å²) in [5, 5.41) is 3.15. The van der Waals surface area contributed by atoms with Crippen LogP contribution >= 0.6 is 12.2 Å². The molecule has 0 fully saturated rings. The Morgan fingerprint density at radius 3 is 3.00 bits per heavy atom. The van der Waals surface area contributed by atoms with Gasteiger partial charge in [0.2, 0.25) is 0 Å². The summed E-state index contributed by atoms with van der Waals surface area (Å²) in [7, 11) is 0. The van der Waals surface area contributed by atoms with Gasteiger partial charge in [0.25, 0.3) is 0 Å². The summed E-state index contributed by atoms with van der Waals surface area (Å²) < 4.78 is 0.628.